The molecule has 0 aliphatic heterocycles. The first kappa shape index (κ1) is 16.4. The van der Waals surface area contributed by atoms with Gasteiger partial charge in [-0.15, -0.1) is 12.4 Å². The van der Waals surface area contributed by atoms with E-state index in [1.165, 1.54) is 17.5 Å². The predicted molar refractivity (Wildman–Crippen MR) is 79.2 cm³/mol. The molecule has 0 saturated carbocycles. The van der Waals surface area contributed by atoms with Gasteiger partial charge in [0.1, 0.15) is 0 Å². The molecule has 0 fully saturated rings. The smallest absolute Gasteiger partial charge is 0.240 e. The van der Waals surface area contributed by atoms with Crippen molar-refractivity contribution in [2.24, 2.45) is 5.73 Å². The number of hydrogen-bond donors (Lipinski definition) is 2. The summed E-state index contributed by atoms with van der Waals surface area (Å²) in [6.45, 7) is 2.06. The van der Waals surface area contributed by atoms with Crippen molar-refractivity contribution < 1.29 is 8.42 Å². The average molecular weight is 305 g/mol. The summed E-state index contributed by atoms with van der Waals surface area (Å²) >= 11 is 0. The third kappa shape index (κ3) is 3.92. The maximum atomic E-state index is 12.1. The lowest BCUT2D eigenvalue weighted by molar-refractivity contribution is 0.562. The van der Waals surface area contributed by atoms with Crippen LogP contribution in [0.15, 0.2) is 23.1 Å². The quantitative estimate of drug-likeness (QED) is 0.888. The zero-order valence-electron chi connectivity index (χ0n) is 11.1. The Morgan fingerprint density at radius 1 is 1.26 bits per heavy atom. The maximum Gasteiger partial charge on any atom is 0.240 e. The van der Waals surface area contributed by atoms with E-state index in [1.807, 2.05) is 6.07 Å². The SMILES string of the molecule is C[C@@H](CN)NS(=O)(=O)c1ccc2c(c1)CCCC2.Cl. The molecule has 19 heavy (non-hydrogen) atoms. The van der Waals surface area contributed by atoms with Crippen LogP contribution in [0.5, 0.6) is 0 Å². The van der Waals surface area contributed by atoms with Crippen LogP contribution in [-0.4, -0.2) is 21.0 Å². The number of aryl methyl sites for hydroxylation is 2. The molecule has 1 aliphatic carbocycles. The summed E-state index contributed by atoms with van der Waals surface area (Å²) in [4.78, 5) is 0.350. The van der Waals surface area contributed by atoms with Crippen molar-refractivity contribution in [3.8, 4) is 0 Å². The molecule has 4 nitrogen and oxygen atoms in total. The van der Waals surface area contributed by atoms with Crippen molar-refractivity contribution in [2.45, 2.75) is 43.5 Å². The van der Waals surface area contributed by atoms with E-state index in [-0.39, 0.29) is 18.4 Å². The molecule has 0 unspecified atom stereocenters. The topological polar surface area (TPSA) is 72.2 Å². The lowest BCUT2D eigenvalue weighted by atomic mass is 9.92. The normalized spacial score (nSPS) is 16.3. The molecule has 3 N–H and O–H groups in total. The summed E-state index contributed by atoms with van der Waals surface area (Å²) in [5.41, 5.74) is 7.90. The Morgan fingerprint density at radius 3 is 2.53 bits per heavy atom. The Morgan fingerprint density at radius 2 is 1.89 bits per heavy atom. The first-order valence-electron chi connectivity index (χ1n) is 6.37. The van der Waals surface area contributed by atoms with Gasteiger partial charge in [0.2, 0.25) is 10.0 Å². The Kier molecular flexibility index (Phi) is 5.80. The van der Waals surface area contributed by atoms with Crippen LogP contribution < -0.4 is 10.5 Å². The van der Waals surface area contributed by atoms with E-state index in [2.05, 4.69) is 4.72 Å². The molecule has 0 radical (unpaired) electrons. The van der Waals surface area contributed by atoms with Crippen molar-refractivity contribution in [3.05, 3.63) is 29.3 Å². The third-order valence-electron chi connectivity index (χ3n) is 3.34. The van der Waals surface area contributed by atoms with Crippen molar-refractivity contribution >= 4 is 22.4 Å². The Hall–Kier alpha value is -0.620. The molecule has 1 atom stereocenters. The predicted octanol–water partition coefficient (Wildman–Crippen LogP) is 1.61. The molecule has 0 aromatic heterocycles. The molecule has 0 heterocycles. The minimum atomic E-state index is -3.44. The number of sulfonamides is 1. The van der Waals surface area contributed by atoms with Gasteiger partial charge in [0.25, 0.3) is 0 Å². The summed E-state index contributed by atoms with van der Waals surface area (Å²) in [5, 5.41) is 0. The molecule has 1 aromatic carbocycles. The monoisotopic (exact) mass is 304 g/mol. The molecule has 2 rings (SSSR count). The summed E-state index contributed by atoms with van der Waals surface area (Å²) in [7, 11) is -3.44. The fourth-order valence-corrected chi connectivity index (χ4v) is 3.56. The van der Waals surface area contributed by atoms with Crippen LogP contribution in [0.2, 0.25) is 0 Å². The van der Waals surface area contributed by atoms with Gasteiger partial charge in [0, 0.05) is 12.6 Å². The fourth-order valence-electron chi connectivity index (χ4n) is 2.26. The van der Waals surface area contributed by atoms with Crippen molar-refractivity contribution in [2.75, 3.05) is 6.54 Å². The fraction of sp³-hybridized carbons (Fsp3) is 0.538. The number of hydrogen-bond acceptors (Lipinski definition) is 3. The Balaban J connectivity index is 0.00000180. The number of fused-ring (bicyclic) bond motifs is 1. The molecule has 1 aliphatic rings. The summed E-state index contributed by atoms with van der Waals surface area (Å²) in [6, 6.07) is 5.19. The van der Waals surface area contributed by atoms with E-state index < -0.39 is 10.0 Å². The molecular formula is C13H21ClN2O2S. The number of benzene rings is 1. The van der Waals surface area contributed by atoms with Gasteiger partial charge in [-0.1, -0.05) is 6.07 Å². The highest BCUT2D eigenvalue weighted by Crippen LogP contribution is 2.24. The lowest BCUT2D eigenvalue weighted by Crippen LogP contribution is -2.37. The number of nitrogens with two attached hydrogens (primary N) is 1. The van der Waals surface area contributed by atoms with Crippen molar-refractivity contribution in [1.82, 2.24) is 4.72 Å². The third-order valence-corrected chi connectivity index (χ3v) is 4.93. The second-order valence-corrected chi connectivity index (χ2v) is 6.61. The van der Waals surface area contributed by atoms with Gasteiger partial charge >= 0.3 is 0 Å². The molecule has 108 valence electrons. The van der Waals surface area contributed by atoms with Gasteiger partial charge in [-0.25, -0.2) is 13.1 Å². The highest BCUT2D eigenvalue weighted by molar-refractivity contribution is 7.89. The van der Waals surface area contributed by atoms with Gasteiger partial charge < -0.3 is 5.73 Å². The average Bonchev–Trinajstić information content (AvgIpc) is 2.37. The molecule has 6 heteroatoms. The molecule has 0 saturated heterocycles. The minimum Gasteiger partial charge on any atom is -0.329 e. The van der Waals surface area contributed by atoms with Gasteiger partial charge in [-0.05, 0) is 55.9 Å². The molecule has 0 spiro atoms. The highest BCUT2D eigenvalue weighted by Gasteiger charge is 2.19. The number of nitrogens with one attached hydrogen (secondary N) is 1. The van der Waals surface area contributed by atoms with Gasteiger partial charge in [-0.3, -0.25) is 0 Å². The van der Waals surface area contributed by atoms with E-state index in [0.717, 1.165) is 19.3 Å². The molecule has 0 amide bonds. The first-order valence-corrected chi connectivity index (χ1v) is 7.85. The maximum absolute atomic E-state index is 12.1. The Labute approximate surface area is 121 Å². The molecule has 0 bridgehead atoms. The van der Waals surface area contributed by atoms with Crippen LogP contribution in [0.25, 0.3) is 0 Å². The van der Waals surface area contributed by atoms with Crippen LogP contribution in [-0.2, 0) is 22.9 Å². The second kappa shape index (κ2) is 6.70. The van der Waals surface area contributed by atoms with E-state index in [1.54, 1.807) is 19.1 Å². The van der Waals surface area contributed by atoms with Crippen LogP contribution in [0.4, 0.5) is 0 Å². The van der Waals surface area contributed by atoms with E-state index in [4.69, 9.17) is 5.73 Å². The molecular weight excluding hydrogens is 284 g/mol. The van der Waals surface area contributed by atoms with Crippen molar-refractivity contribution in [3.63, 3.8) is 0 Å². The first-order chi connectivity index (χ1) is 8.53. The standard InChI is InChI=1S/C13H20N2O2S.ClH/c1-10(9-14)15-18(16,17)13-7-6-11-4-2-3-5-12(11)8-13;/h6-8,10,15H,2-5,9,14H2,1H3;1H/t10-;/m0./s1. The molecule has 1 aromatic rings. The van der Waals surface area contributed by atoms with Crippen LogP contribution >= 0.6 is 12.4 Å². The Bertz CT molecular complexity index is 531. The second-order valence-electron chi connectivity index (χ2n) is 4.90. The van der Waals surface area contributed by atoms with Crippen LogP contribution in [0.1, 0.15) is 30.9 Å². The zero-order chi connectivity index (χ0) is 13.2. The van der Waals surface area contributed by atoms with Crippen LogP contribution in [0, 0.1) is 0 Å². The highest BCUT2D eigenvalue weighted by atomic mass is 35.5. The lowest BCUT2D eigenvalue weighted by Gasteiger charge is -2.17. The minimum absolute atomic E-state index is 0. The summed E-state index contributed by atoms with van der Waals surface area (Å²) in [5.74, 6) is 0. The summed E-state index contributed by atoms with van der Waals surface area (Å²) < 4.78 is 26.8. The van der Waals surface area contributed by atoms with Gasteiger partial charge in [-0.2, -0.15) is 0 Å². The van der Waals surface area contributed by atoms with Crippen molar-refractivity contribution in [1.29, 1.82) is 0 Å². The van der Waals surface area contributed by atoms with E-state index in [9.17, 15) is 8.42 Å². The van der Waals surface area contributed by atoms with E-state index in [0.29, 0.717) is 11.4 Å². The zero-order valence-corrected chi connectivity index (χ0v) is 12.7. The number of rotatable bonds is 4. The van der Waals surface area contributed by atoms with Gasteiger partial charge in [0.05, 0.1) is 4.90 Å². The van der Waals surface area contributed by atoms with E-state index >= 15 is 0 Å². The summed E-state index contributed by atoms with van der Waals surface area (Å²) in [6.07, 6.45) is 4.37. The largest absolute Gasteiger partial charge is 0.329 e. The number of halogens is 1. The van der Waals surface area contributed by atoms with Gasteiger partial charge in [0.15, 0.2) is 0 Å². The van der Waals surface area contributed by atoms with Crippen LogP contribution in [0.3, 0.4) is 0 Å².